The van der Waals surface area contributed by atoms with Crippen molar-refractivity contribution in [2.24, 2.45) is 16.5 Å². The monoisotopic (exact) mass is 766 g/mol. The molecule has 1 saturated heterocycles. The summed E-state index contributed by atoms with van der Waals surface area (Å²) in [5.74, 6) is -3.75. The number of ether oxygens (including phenoxy) is 1. The molecule has 0 spiro atoms. The second-order valence-electron chi connectivity index (χ2n) is 13.0. The first kappa shape index (κ1) is 41.8. The molecule has 1 aliphatic heterocycles. The quantitative estimate of drug-likeness (QED) is 0.0594. The number of guanidine groups is 1. The largest absolute Gasteiger partial charge is 0.490 e. The number of benzene rings is 3. The Kier molecular flexibility index (Phi) is 15.1. The Morgan fingerprint density at radius 3 is 2.31 bits per heavy atom. The Morgan fingerprint density at radius 1 is 0.982 bits per heavy atom. The first-order valence-corrected chi connectivity index (χ1v) is 17.5. The summed E-state index contributed by atoms with van der Waals surface area (Å²) in [4.78, 5) is 62.0. The van der Waals surface area contributed by atoms with Crippen molar-refractivity contribution in [3.8, 4) is 0 Å². The van der Waals surface area contributed by atoms with Crippen LogP contribution in [0.25, 0.3) is 10.8 Å². The number of H-pyrrole nitrogens is 1. The fraction of sp³-hybridized carbons (Fsp3) is 0.368. The highest BCUT2D eigenvalue weighted by Gasteiger charge is 2.40. The Morgan fingerprint density at radius 2 is 1.67 bits per heavy atom. The number of aliphatic imine (C=N–C) groups is 1. The number of fused-ring (bicyclic) bond motifs is 1. The number of aromatic amines is 1. The van der Waals surface area contributed by atoms with E-state index in [1.54, 1.807) is 6.20 Å². The molecule has 1 aromatic heterocycles. The second kappa shape index (κ2) is 19.9. The number of carboxylic acids is 1. The number of aromatic nitrogens is 2. The molecule has 55 heavy (non-hydrogen) atoms. The van der Waals surface area contributed by atoms with Gasteiger partial charge in [-0.2, -0.15) is 13.2 Å². The lowest BCUT2D eigenvalue weighted by molar-refractivity contribution is -0.192. The summed E-state index contributed by atoms with van der Waals surface area (Å²) in [7, 11) is 0. The molecule has 0 aliphatic carbocycles. The average molecular weight is 767 g/mol. The standard InChI is InChI=1S/C36H44N8O4.C2HF3O2/c1-24(45)42-32(18-29-20-39-23-41-29)34(46)43-33(17-25-8-3-2-4-9-25)35(47)44-21-31(19-30(44)12-7-15-40-36(37)38)48-22-26-13-14-27-10-5-6-11-28(27)16-26;3-2(4,5)1(6)7/h2-6,8-11,13-14,16,20,23,30-33H,7,12,15,17-19,21-22H2,1H3,(H,39,41)(H,42,45)(H,43,46)(H4,37,38,40);(H,6,7)/t30-,31-,32+,33-;/m1./s1. The molecule has 4 atom stereocenters. The number of likely N-dealkylation sites (tertiary alicyclic amines) is 1. The molecule has 14 nitrogen and oxygen atoms in total. The topological polar surface area (TPSA) is 218 Å². The normalized spacial score (nSPS) is 16.3. The van der Waals surface area contributed by atoms with Gasteiger partial charge in [0.1, 0.15) is 12.1 Å². The molecular weight excluding hydrogens is 721 g/mol. The maximum absolute atomic E-state index is 14.4. The molecular formula is C38H45F3N8O6. The van der Waals surface area contributed by atoms with Gasteiger partial charge in [0.2, 0.25) is 17.7 Å². The maximum atomic E-state index is 14.4. The minimum atomic E-state index is -5.08. The van der Waals surface area contributed by atoms with Gasteiger partial charge in [0.15, 0.2) is 5.96 Å². The number of nitrogens with zero attached hydrogens (tertiary/aromatic N) is 3. The van der Waals surface area contributed by atoms with Crippen molar-refractivity contribution in [2.75, 3.05) is 13.1 Å². The van der Waals surface area contributed by atoms with E-state index in [0.717, 1.165) is 21.9 Å². The number of nitrogens with one attached hydrogen (secondary N) is 3. The Hall–Kier alpha value is -5.97. The maximum Gasteiger partial charge on any atom is 0.490 e. The van der Waals surface area contributed by atoms with Crippen LogP contribution in [0, 0.1) is 0 Å². The number of hydrogen-bond acceptors (Lipinski definition) is 7. The van der Waals surface area contributed by atoms with Crippen LogP contribution >= 0.6 is 0 Å². The van der Waals surface area contributed by atoms with Gasteiger partial charge in [0, 0.05) is 50.8 Å². The number of aliphatic carboxylic acids is 1. The van der Waals surface area contributed by atoms with Crippen LogP contribution in [0.4, 0.5) is 13.2 Å². The number of rotatable bonds is 15. The lowest BCUT2D eigenvalue weighted by Gasteiger charge is -2.30. The van der Waals surface area contributed by atoms with Crippen LogP contribution in [-0.2, 0) is 43.4 Å². The van der Waals surface area contributed by atoms with E-state index in [4.69, 9.17) is 26.1 Å². The molecule has 8 N–H and O–H groups in total. The van der Waals surface area contributed by atoms with Gasteiger partial charge < -0.3 is 41.8 Å². The van der Waals surface area contributed by atoms with Gasteiger partial charge in [-0.25, -0.2) is 9.78 Å². The zero-order valence-corrected chi connectivity index (χ0v) is 30.2. The molecule has 0 radical (unpaired) electrons. The van der Waals surface area contributed by atoms with Gasteiger partial charge >= 0.3 is 12.1 Å². The van der Waals surface area contributed by atoms with Crippen LogP contribution in [0.5, 0.6) is 0 Å². The first-order valence-electron chi connectivity index (χ1n) is 17.5. The Balaban J connectivity index is 0.000000876. The predicted molar refractivity (Wildman–Crippen MR) is 198 cm³/mol. The van der Waals surface area contributed by atoms with Crippen molar-refractivity contribution in [1.82, 2.24) is 25.5 Å². The number of imidazole rings is 1. The molecule has 0 unspecified atom stereocenters. The van der Waals surface area contributed by atoms with Crippen LogP contribution in [0.3, 0.4) is 0 Å². The van der Waals surface area contributed by atoms with E-state index in [0.29, 0.717) is 44.7 Å². The lowest BCUT2D eigenvalue weighted by atomic mass is 10.0. The number of carbonyl (C=O) groups excluding carboxylic acids is 3. The highest BCUT2D eigenvalue weighted by atomic mass is 19.4. The fourth-order valence-corrected chi connectivity index (χ4v) is 6.21. The van der Waals surface area contributed by atoms with E-state index < -0.39 is 30.1 Å². The summed E-state index contributed by atoms with van der Waals surface area (Å²) in [5, 5.41) is 15.1. The minimum Gasteiger partial charge on any atom is -0.475 e. The van der Waals surface area contributed by atoms with Crippen LogP contribution in [0.1, 0.15) is 43.0 Å². The summed E-state index contributed by atoms with van der Waals surface area (Å²) >= 11 is 0. The van der Waals surface area contributed by atoms with E-state index in [-0.39, 0.29) is 42.8 Å². The molecule has 3 aromatic carbocycles. The van der Waals surface area contributed by atoms with Gasteiger partial charge in [-0.05, 0) is 47.2 Å². The van der Waals surface area contributed by atoms with Crippen LogP contribution < -0.4 is 22.1 Å². The number of nitrogens with two attached hydrogens (primary N) is 2. The van der Waals surface area contributed by atoms with Crippen molar-refractivity contribution in [3.05, 3.63) is 102 Å². The van der Waals surface area contributed by atoms with Crippen molar-refractivity contribution < 1.29 is 42.2 Å². The van der Waals surface area contributed by atoms with Crippen molar-refractivity contribution in [2.45, 2.75) is 76.0 Å². The van der Waals surface area contributed by atoms with Crippen molar-refractivity contribution >= 4 is 40.4 Å². The van der Waals surface area contributed by atoms with E-state index in [1.807, 2.05) is 47.4 Å². The number of amides is 3. The smallest absolute Gasteiger partial charge is 0.475 e. The Labute approximate surface area is 315 Å². The molecule has 1 aliphatic rings. The SMILES string of the molecule is CC(=O)N[C@@H](Cc1cnc[nH]1)C(=O)N[C@H](Cc1ccccc1)C(=O)N1C[C@H](OCc2ccc3ccccc3c2)C[C@H]1CCCN=C(N)N.O=C(O)C(F)(F)F. The molecule has 294 valence electrons. The molecule has 2 heterocycles. The van der Waals surface area contributed by atoms with E-state index in [1.165, 1.54) is 13.3 Å². The summed E-state index contributed by atoms with van der Waals surface area (Å²) in [6.07, 6.45) is 0.285. The predicted octanol–water partition coefficient (Wildman–Crippen LogP) is 3.21. The third kappa shape index (κ3) is 13.4. The molecule has 1 fully saturated rings. The minimum absolute atomic E-state index is 0.0282. The fourth-order valence-electron chi connectivity index (χ4n) is 6.21. The van der Waals surface area contributed by atoms with Crippen molar-refractivity contribution in [1.29, 1.82) is 0 Å². The van der Waals surface area contributed by atoms with E-state index in [2.05, 4.69) is 55.9 Å². The molecule has 0 bridgehead atoms. The average Bonchev–Trinajstić information content (AvgIpc) is 3.81. The number of carboxylic acid groups (broad SMARTS) is 1. The lowest BCUT2D eigenvalue weighted by Crippen LogP contribution is -2.56. The van der Waals surface area contributed by atoms with Crippen LogP contribution in [-0.4, -0.2) is 93.1 Å². The van der Waals surface area contributed by atoms with Gasteiger partial charge in [-0.15, -0.1) is 0 Å². The van der Waals surface area contributed by atoms with E-state index in [9.17, 15) is 27.6 Å². The van der Waals surface area contributed by atoms with Gasteiger partial charge in [0.05, 0.1) is 19.0 Å². The van der Waals surface area contributed by atoms with Gasteiger partial charge in [0.25, 0.3) is 0 Å². The second-order valence-corrected chi connectivity index (χ2v) is 13.0. The third-order valence-corrected chi connectivity index (χ3v) is 8.76. The molecule has 3 amide bonds. The highest BCUT2D eigenvalue weighted by molar-refractivity contribution is 5.92. The molecule has 17 heteroatoms. The van der Waals surface area contributed by atoms with Crippen molar-refractivity contribution in [3.63, 3.8) is 0 Å². The number of hydrogen-bond donors (Lipinski definition) is 6. The molecule has 0 saturated carbocycles. The summed E-state index contributed by atoms with van der Waals surface area (Å²) in [6.45, 7) is 2.59. The summed E-state index contributed by atoms with van der Waals surface area (Å²) in [6, 6.07) is 22.1. The number of carbonyl (C=O) groups is 4. The zero-order valence-electron chi connectivity index (χ0n) is 30.2. The van der Waals surface area contributed by atoms with E-state index >= 15 is 0 Å². The Bertz CT molecular complexity index is 1910. The number of halogens is 3. The van der Waals surface area contributed by atoms with Gasteiger partial charge in [-0.3, -0.25) is 19.4 Å². The first-order chi connectivity index (χ1) is 26.2. The van der Waals surface area contributed by atoms with Crippen LogP contribution in [0.15, 0.2) is 90.3 Å². The summed E-state index contributed by atoms with van der Waals surface area (Å²) < 4.78 is 38.1. The van der Waals surface area contributed by atoms with Gasteiger partial charge in [-0.1, -0.05) is 66.7 Å². The third-order valence-electron chi connectivity index (χ3n) is 8.76. The van der Waals surface area contributed by atoms with Crippen LogP contribution in [0.2, 0.25) is 0 Å². The summed E-state index contributed by atoms with van der Waals surface area (Å²) in [5.41, 5.74) is 13.7. The molecule has 5 rings (SSSR count). The highest BCUT2D eigenvalue weighted by Crippen LogP contribution is 2.27. The molecule has 4 aromatic rings. The number of alkyl halides is 3. The zero-order chi connectivity index (χ0) is 40.0.